The zero-order valence-electron chi connectivity index (χ0n) is 18.8. The van der Waals surface area contributed by atoms with Crippen LogP contribution in [0.2, 0.25) is 0 Å². The van der Waals surface area contributed by atoms with Gasteiger partial charge in [-0.05, 0) is 80.2 Å². The van der Waals surface area contributed by atoms with Gasteiger partial charge in [-0.3, -0.25) is 9.78 Å². The highest BCUT2D eigenvalue weighted by Gasteiger charge is 2.18. The van der Waals surface area contributed by atoms with Crippen molar-refractivity contribution in [3.8, 4) is 17.0 Å². The standard InChI is InChI=1S/C26H27N5O2/c1-31-11-8-18(9-12-31)17-3-5-21(6-4-17)29-25-24-19(7-10-28-26(24)32)14-23(30-25)20-13-22(33-2)16-27-15-20/h3-7,10,13-16,18H,8-9,11-12H2,1-2H3,(H,28,32)(H,29,30). The first-order chi connectivity index (χ1) is 16.1. The Kier molecular flexibility index (Phi) is 5.79. The third kappa shape index (κ3) is 4.45. The van der Waals surface area contributed by atoms with Gasteiger partial charge in [0.2, 0.25) is 0 Å². The summed E-state index contributed by atoms with van der Waals surface area (Å²) in [6.07, 6.45) is 7.41. The van der Waals surface area contributed by atoms with Crippen LogP contribution in [0.5, 0.6) is 5.75 Å². The van der Waals surface area contributed by atoms with Gasteiger partial charge in [-0.1, -0.05) is 12.1 Å². The minimum Gasteiger partial charge on any atom is -0.495 e. The predicted molar refractivity (Wildman–Crippen MR) is 131 cm³/mol. The van der Waals surface area contributed by atoms with Crippen molar-refractivity contribution in [2.45, 2.75) is 18.8 Å². The van der Waals surface area contributed by atoms with Gasteiger partial charge in [-0.15, -0.1) is 0 Å². The maximum absolute atomic E-state index is 12.7. The summed E-state index contributed by atoms with van der Waals surface area (Å²) in [7, 11) is 3.79. The van der Waals surface area contributed by atoms with Crippen LogP contribution in [0.25, 0.3) is 22.0 Å². The minimum atomic E-state index is -0.180. The first-order valence-corrected chi connectivity index (χ1v) is 11.2. The number of pyridine rings is 3. The second-order valence-corrected chi connectivity index (χ2v) is 8.57. The second kappa shape index (κ2) is 9.03. The van der Waals surface area contributed by atoms with E-state index in [-0.39, 0.29) is 5.56 Å². The normalized spacial score (nSPS) is 15.0. The maximum atomic E-state index is 12.7. The number of ether oxygens (including phenoxy) is 1. The molecule has 4 aromatic rings. The van der Waals surface area contributed by atoms with Crippen molar-refractivity contribution in [1.82, 2.24) is 19.9 Å². The lowest BCUT2D eigenvalue weighted by Crippen LogP contribution is -2.29. The van der Waals surface area contributed by atoms with Crippen LogP contribution in [0.3, 0.4) is 0 Å². The van der Waals surface area contributed by atoms with E-state index >= 15 is 0 Å². The van der Waals surface area contributed by atoms with E-state index in [9.17, 15) is 4.79 Å². The summed E-state index contributed by atoms with van der Waals surface area (Å²) in [5.41, 5.74) is 3.60. The first-order valence-electron chi connectivity index (χ1n) is 11.2. The average Bonchev–Trinajstić information content (AvgIpc) is 2.85. The van der Waals surface area contributed by atoms with E-state index in [1.54, 1.807) is 25.7 Å². The van der Waals surface area contributed by atoms with E-state index in [2.05, 4.69) is 51.5 Å². The molecule has 3 aromatic heterocycles. The molecular formula is C26H27N5O2. The number of piperidine rings is 1. The molecule has 0 bridgehead atoms. The minimum absolute atomic E-state index is 0.180. The molecule has 0 spiro atoms. The van der Waals surface area contributed by atoms with Crippen molar-refractivity contribution in [3.05, 3.63) is 77.0 Å². The Morgan fingerprint density at radius 1 is 1.09 bits per heavy atom. The number of nitrogens with zero attached hydrogens (tertiary/aromatic N) is 3. The summed E-state index contributed by atoms with van der Waals surface area (Å²) in [6.45, 7) is 2.27. The van der Waals surface area contributed by atoms with Crippen LogP contribution >= 0.6 is 0 Å². The van der Waals surface area contributed by atoms with Crippen molar-refractivity contribution in [1.29, 1.82) is 0 Å². The molecule has 0 atom stereocenters. The Labute approximate surface area is 192 Å². The van der Waals surface area contributed by atoms with Crippen molar-refractivity contribution in [3.63, 3.8) is 0 Å². The van der Waals surface area contributed by atoms with E-state index in [0.29, 0.717) is 28.6 Å². The number of methoxy groups -OCH3 is 1. The number of anilines is 2. The SMILES string of the molecule is COc1cncc(-c2cc3cc[nH]c(=O)c3c(Nc3ccc(C4CCN(C)CC4)cc3)n2)c1. The fourth-order valence-electron chi connectivity index (χ4n) is 4.44. The van der Waals surface area contributed by atoms with Crippen LogP contribution in [-0.2, 0) is 0 Å². The molecule has 0 unspecified atom stereocenters. The van der Waals surface area contributed by atoms with Gasteiger partial charge < -0.3 is 19.9 Å². The molecule has 1 aliphatic heterocycles. The van der Waals surface area contributed by atoms with Gasteiger partial charge in [0.05, 0.1) is 24.4 Å². The molecule has 2 N–H and O–H groups in total. The molecule has 4 heterocycles. The summed E-state index contributed by atoms with van der Waals surface area (Å²) < 4.78 is 5.31. The number of fused-ring (bicyclic) bond motifs is 1. The highest BCUT2D eigenvalue weighted by molar-refractivity contribution is 5.95. The Balaban J connectivity index is 1.50. The van der Waals surface area contributed by atoms with Crippen molar-refractivity contribution in [2.24, 2.45) is 0 Å². The summed E-state index contributed by atoms with van der Waals surface area (Å²) in [6, 6.07) is 14.2. The molecule has 33 heavy (non-hydrogen) atoms. The van der Waals surface area contributed by atoms with Gasteiger partial charge in [-0.25, -0.2) is 4.98 Å². The molecule has 5 rings (SSSR count). The second-order valence-electron chi connectivity index (χ2n) is 8.57. The van der Waals surface area contributed by atoms with E-state index in [1.807, 2.05) is 18.2 Å². The fourth-order valence-corrected chi connectivity index (χ4v) is 4.44. The Bertz CT molecular complexity index is 1320. The van der Waals surface area contributed by atoms with Gasteiger partial charge in [0, 0.05) is 23.6 Å². The lowest BCUT2D eigenvalue weighted by atomic mass is 9.89. The number of hydrogen-bond donors (Lipinski definition) is 2. The predicted octanol–water partition coefficient (Wildman–Crippen LogP) is 4.55. The molecule has 1 aromatic carbocycles. The molecule has 7 nitrogen and oxygen atoms in total. The molecule has 1 aliphatic rings. The number of rotatable bonds is 5. The van der Waals surface area contributed by atoms with E-state index in [0.717, 1.165) is 29.7 Å². The number of benzene rings is 1. The van der Waals surface area contributed by atoms with Crippen LogP contribution in [-0.4, -0.2) is 47.1 Å². The monoisotopic (exact) mass is 441 g/mol. The molecule has 0 aliphatic carbocycles. The lowest BCUT2D eigenvalue weighted by molar-refractivity contribution is 0.255. The van der Waals surface area contributed by atoms with Crippen molar-refractivity contribution in [2.75, 3.05) is 32.6 Å². The van der Waals surface area contributed by atoms with Crippen LogP contribution in [0.4, 0.5) is 11.5 Å². The van der Waals surface area contributed by atoms with E-state index < -0.39 is 0 Å². The van der Waals surface area contributed by atoms with Gasteiger partial charge in [0.1, 0.15) is 11.6 Å². The number of nitrogens with one attached hydrogen (secondary N) is 2. The number of hydrogen-bond acceptors (Lipinski definition) is 6. The quantitative estimate of drug-likeness (QED) is 0.473. The number of likely N-dealkylation sites (tertiary alicyclic amines) is 1. The highest BCUT2D eigenvalue weighted by atomic mass is 16.5. The Morgan fingerprint density at radius 3 is 2.64 bits per heavy atom. The lowest BCUT2D eigenvalue weighted by Gasteiger charge is -2.29. The molecule has 0 amide bonds. The molecule has 7 heteroatoms. The Hall–Kier alpha value is -3.71. The highest BCUT2D eigenvalue weighted by Crippen LogP contribution is 2.31. The summed E-state index contributed by atoms with van der Waals surface area (Å²) in [5, 5.41) is 4.70. The molecule has 168 valence electrons. The smallest absolute Gasteiger partial charge is 0.259 e. The van der Waals surface area contributed by atoms with E-state index in [1.165, 1.54) is 18.4 Å². The number of aromatic amines is 1. The molecule has 1 fully saturated rings. The summed E-state index contributed by atoms with van der Waals surface area (Å²) in [5.74, 6) is 1.76. The van der Waals surface area contributed by atoms with Gasteiger partial charge in [0.15, 0.2) is 0 Å². The molecule has 1 saturated heterocycles. The molecular weight excluding hydrogens is 414 g/mol. The van der Waals surface area contributed by atoms with Crippen LogP contribution < -0.4 is 15.6 Å². The summed E-state index contributed by atoms with van der Waals surface area (Å²) in [4.78, 5) is 26.8. The van der Waals surface area contributed by atoms with Crippen LogP contribution in [0, 0.1) is 0 Å². The van der Waals surface area contributed by atoms with Gasteiger partial charge in [0.25, 0.3) is 5.56 Å². The topological polar surface area (TPSA) is 83.1 Å². The fraction of sp³-hybridized carbons (Fsp3) is 0.269. The first kappa shape index (κ1) is 21.2. The zero-order chi connectivity index (χ0) is 22.8. The molecule has 0 radical (unpaired) electrons. The van der Waals surface area contributed by atoms with Crippen molar-refractivity contribution < 1.29 is 4.74 Å². The maximum Gasteiger partial charge on any atom is 0.259 e. The number of H-pyrrole nitrogens is 1. The van der Waals surface area contributed by atoms with Crippen LogP contribution in [0.1, 0.15) is 24.3 Å². The average molecular weight is 442 g/mol. The summed E-state index contributed by atoms with van der Waals surface area (Å²) >= 11 is 0. The molecule has 0 saturated carbocycles. The third-order valence-electron chi connectivity index (χ3n) is 6.36. The largest absolute Gasteiger partial charge is 0.495 e. The van der Waals surface area contributed by atoms with Gasteiger partial charge in [-0.2, -0.15) is 0 Å². The van der Waals surface area contributed by atoms with E-state index in [4.69, 9.17) is 9.72 Å². The number of aromatic nitrogens is 3. The Morgan fingerprint density at radius 2 is 1.88 bits per heavy atom. The third-order valence-corrected chi connectivity index (χ3v) is 6.36. The van der Waals surface area contributed by atoms with Crippen molar-refractivity contribution >= 4 is 22.3 Å². The zero-order valence-corrected chi connectivity index (χ0v) is 18.8. The van der Waals surface area contributed by atoms with Gasteiger partial charge >= 0.3 is 0 Å². The van der Waals surface area contributed by atoms with Crippen LogP contribution in [0.15, 0.2) is 65.8 Å².